The number of aromatic nitrogens is 4. The van der Waals surface area contributed by atoms with Gasteiger partial charge in [0.25, 0.3) is 0 Å². The summed E-state index contributed by atoms with van der Waals surface area (Å²) in [4.78, 5) is 11.9. The van der Waals surface area contributed by atoms with E-state index in [-0.39, 0.29) is 5.91 Å². The summed E-state index contributed by atoms with van der Waals surface area (Å²) in [6, 6.07) is 16.9. The molecule has 0 aliphatic carbocycles. The molecule has 3 aromatic rings. The van der Waals surface area contributed by atoms with Gasteiger partial charge in [-0.25, -0.2) is 0 Å². The highest BCUT2D eigenvalue weighted by Gasteiger charge is 2.05. The van der Waals surface area contributed by atoms with Gasteiger partial charge in [0, 0.05) is 11.3 Å². The van der Waals surface area contributed by atoms with Gasteiger partial charge >= 0.3 is 0 Å². The van der Waals surface area contributed by atoms with E-state index in [0.29, 0.717) is 12.2 Å². The highest BCUT2D eigenvalue weighted by molar-refractivity contribution is 5.92. The summed E-state index contributed by atoms with van der Waals surface area (Å²) in [6.07, 6.45) is 0.355. The summed E-state index contributed by atoms with van der Waals surface area (Å²) in [7, 11) is 0. The number of rotatable bonds is 4. The lowest BCUT2D eigenvalue weighted by molar-refractivity contribution is -0.115. The summed E-state index contributed by atoms with van der Waals surface area (Å²) in [5, 5.41) is 16.6. The minimum atomic E-state index is -0.0477. The van der Waals surface area contributed by atoms with Crippen molar-refractivity contribution in [3.8, 4) is 11.4 Å². The summed E-state index contributed by atoms with van der Waals surface area (Å²) in [5.41, 5.74) is 2.56. The number of aromatic amines is 1. The van der Waals surface area contributed by atoms with Crippen molar-refractivity contribution >= 4 is 11.6 Å². The minimum absolute atomic E-state index is 0.0477. The zero-order valence-electron chi connectivity index (χ0n) is 11.2. The fourth-order valence-electron chi connectivity index (χ4n) is 1.97. The van der Waals surface area contributed by atoms with Crippen molar-refractivity contribution in [2.75, 3.05) is 5.32 Å². The van der Waals surface area contributed by atoms with Gasteiger partial charge in [0.15, 0.2) is 0 Å². The molecule has 6 heteroatoms. The van der Waals surface area contributed by atoms with Crippen LogP contribution in [-0.2, 0) is 11.2 Å². The third-order valence-corrected chi connectivity index (χ3v) is 2.98. The molecule has 0 fully saturated rings. The number of H-pyrrole nitrogens is 1. The standard InChI is InChI=1S/C15H13N5O/c21-14(10-11-4-2-1-3-5-11)16-13-8-6-12(7-9-13)15-17-19-20-18-15/h1-9H,10H2,(H,16,21)(H,17,18,19,20). The van der Waals surface area contributed by atoms with E-state index < -0.39 is 0 Å². The molecule has 2 N–H and O–H groups in total. The van der Waals surface area contributed by atoms with E-state index in [0.717, 1.165) is 16.8 Å². The maximum atomic E-state index is 11.9. The maximum Gasteiger partial charge on any atom is 0.228 e. The Balaban J connectivity index is 1.64. The number of hydrogen-bond donors (Lipinski definition) is 2. The molecule has 21 heavy (non-hydrogen) atoms. The quantitative estimate of drug-likeness (QED) is 0.765. The van der Waals surface area contributed by atoms with Crippen LogP contribution >= 0.6 is 0 Å². The van der Waals surface area contributed by atoms with Crippen LogP contribution < -0.4 is 5.32 Å². The summed E-state index contributed by atoms with van der Waals surface area (Å²) in [5.74, 6) is 0.477. The molecule has 1 aromatic heterocycles. The SMILES string of the molecule is O=C(Cc1ccccc1)Nc1ccc(-c2nn[nH]n2)cc1. The molecule has 0 saturated carbocycles. The molecule has 1 heterocycles. The lowest BCUT2D eigenvalue weighted by atomic mass is 10.1. The monoisotopic (exact) mass is 279 g/mol. The second-order valence-electron chi connectivity index (χ2n) is 4.52. The van der Waals surface area contributed by atoms with Crippen LogP contribution in [0.15, 0.2) is 54.6 Å². The van der Waals surface area contributed by atoms with Crippen molar-refractivity contribution in [3.63, 3.8) is 0 Å². The van der Waals surface area contributed by atoms with E-state index in [1.54, 1.807) is 0 Å². The number of tetrazole rings is 1. The van der Waals surface area contributed by atoms with Crippen LogP contribution in [0.25, 0.3) is 11.4 Å². The molecule has 2 aromatic carbocycles. The van der Waals surface area contributed by atoms with Crippen LogP contribution in [-0.4, -0.2) is 26.5 Å². The maximum absolute atomic E-state index is 11.9. The van der Waals surface area contributed by atoms with E-state index in [4.69, 9.17) is 0 Å². The van der Waals surface area contributed by atoms with Crippen LogP contribution in [0.1, 0.15) is 5.56 Å². The first kappa shape index (κ1) is 13.0. The van der Waals surface area contributed by atoms with Crippen LogP contribution in [0, 0.1) is 0 Å². The molecule has 3 rings (SSSR count). The van der Waals surface area contributed by atoms with Gasteiger partial charge in [0.05, 0.1) is 6.42 Å². The number of carbonyl (C=O) groups excluding carboxylic acids is 1. The predicted octanol–water partition coefficient (Wildman–Crippen LogP) is 2.05. The number of nitrogens with one attached hydrogen (secondary N) is 2. The van der Waals surface area contributed by atoms with Crippen molar-refractivity contribution in [1.29, 1.82) is 0 Å². The van der Waals surface area contributed by atoms with Gasteiger partial charge in [-0.15, -0.1) is 10.2 Å². The average Bonchev–Trinajstić information content (AvgIpc) is 3.03. The van der Waals surface area contributed by atoms with Crippen molar-refractivity contribution < 1.29 is 4.79 Å². The van der Waals surface area contributed by atoms with Gasteiger partial charge in [0.2, 0.25) is 11.7 Å². The second-order valence-corrected chi connectivity index (χ2v) is 4.52. The van der Waals surface area contributed by atoms with Gasteiger partial charge in [-0.1, -0.05) is 30.3 Å². The third kappa shape index (κ3) is 3.30. The smallest absolute Gasteiger partial charge is 0.228 e. The van der Waals surface area contributed by atoms with E-state index >= 15 is 0 Å². The van der Waals surface area contributed by atoms with Crippen LogP contribution in [0.4, 0.5) is 5.69 Å². The molecule has 0 unspecified atom stereocenters. The zero-order valence-corrected chi connectivity index (χ0v) is 11.2. The molecular weight excluding hydrogens is 266 g/mol. The molecule has 0 bridgehead atoms. The largest absolute Gasteiger partial charge is 0.326 e. The molecule has 0 spiro atoms. The van der Waals surface area contributed by atoms with Crippen molar-refractivity contribution in [3.05, 3.63) is 60.2 Å². The highest BCUT2D eigenvalue weighted by atomic mass is 16.1. The lowest BCUT2D eigenvalue weighted by Crippen LogP contribution is -2.14. The predicted molar refractivity (Wildman–Crippen MR) is 78.4 cm³/mol. The molecule has 0 atom stereocenters. The first-order chi connectivity index (χ1) is 10.3. The average molecular weight is 279 g/mol. The fraction of sp³-hybridized carbons (Fsp3) is 0.0667. The molecule has 0 radical (unpaired) electrons. The number of benzene rings is 2. The van der Waals surface area contributed by atoms with Gasteiger partial charge in [-0.2, -0.15) is 5.21 Å². The Hall–Kier alpha value is -3.02. The zero-order chi connectivity index (χ0) is 14.5. The number of nitrogens with zero attached hydrogens (tertiary/aromatic N) is 3. The molecule has 1 amide bonds. The van der Waals surface area contributed by atoms with E-state index in [1.165, 1.54) is 0 Å². The Morgan fingerprint density at radius 2 is 1.81 bits per heavy atom. The van der Waals surface area contributed by atoms with Crippen molar-refractivity contribution in [1.82, 2.24) is 20.6 Å². The Kier molecular flexibility index (Phi) is 3.68. The first-order valence-corrected chi connectivity index (χ1v) is 6.49. The third-order valence-electron chi connectivity index (χ3n) is 2.98. The summed E-state index contributed by atoms with van der Waals surface area (Å²) in [6.45, 7) is 0. The first-order valence-electron chi connectivity index (χ1n) is 6.49. The van der Waals surface area contributed by atoms with Crippen LogP contribution in [0.5, 0.6) is 0 Å². The van der Waals surface area contributed by atoms with Crippen molar-refractivity contribution in [2.24, 2.45) is 0 Å². The molecule has 0 aliphatic heterocycles. The summed E-state index contributed by atoms with van der Waals surface area (Å²) >= 11 is 0. The molecule has 0 saturated heterocycles. The van der Waals surface area contributed by atoms with Gasteiger partial charge < -0.3 is 5.32 Å². The Morgan fingerprint density at radius 3 is 2.48 bits per heavy atom. The lowest BCUT2D eigenvalue weighted by Gasteiger charge is -2.05. The van der Waals surface area contributed by atoms with Crippen molar-refractivity contribution in [2.45, 2.75) is 6.42 Å². The summed E-state index contributed by atoms with van der Waals surface area (Å²) < 4.78 is 0. The van der Waals surface area contributed by atoms with Gasteiger partial charge in [-0.05, 0) is 35.0 Å². The Morgan fingerprint density at radius 1 is 1.05 bits per heavy atom. The number of amides is 1. The Labute approximate surface area is 121 Å². The highest BCUT2D eigenvalue weighted by Crippen LogP contribution is 2.17. The Bertz CT molecular complexity index is 708. The number of hydrogen-bond acceptors (Lipinski definition) is 4. The van der Waals surface area contributed by atoms with Crippen LogP contribution in [0.2, 0.25) is 0 Å². The van der Waals surface area contributed by atoms with Crippen LogP contribution in [0.3, 0.4) is 0 Å². The number of carbonyl (C=O) groups is 1. The minimum Gasteiger partial charge on any atom is -0.326 e. The van der Waals surface area contributed by atoms with Gasteiger partial charge in [0.1, 0.15) is 0 Å². The fourth-order valence-corrected chi connectivity index (χ4v) is 1.97. The second kappa shape index (κ2) is 5.96. The molecular formula is C15H13N5O. The van der Waals surface area contributed by atoms with E-state index in [1.807, 2.05) is 54.6 Å². The normalized spacial score (nSPS) is 10.3. The number of anilines is 1. The molecule has 0 aliphatic rings. The molecule has 6 nitrogen and oxygen atoms in total. The topological polar surface area (TPSA) is 83.6 Å². The van der Waals surface area contributed by atoms with E-state index in [2.05, 4.69) is 25.9 Å². The molecule has 104 valence electrons. The van der Waals surface area contributed by atoms with E-state index in [9.17, 15) is 4.79 Å². The van der Waals surface area contributed by atoms with Gasteiger partial charge in [-0.3, -0.25) is 4.79 Å².